The molecule has 1 N–H and O–H groups in total. The first-order valence-electron chi connectivity index (χ1n) is 7.81. The summed E-state index contributed by atoms with van der Waals surface area (Å²) in [5.41, 5.74) is 1.38. The summed E-state index contributed by atoms with van der Waals surface area (Å²) in [6.07, 6.45) is 1.73. The normalized spacial score (nSPS) is 14.8. The van der Waals surface area contributed by atoms with Crippen LogP contribution in [0.3, 0.4) is 0 Å². The Bertz CT molecular complexity index is 844. The fourth-order valence-corrected chi connectivity index (χ4v) is 2.70. The summed E-state index contributed by atoms with van der Waals surface area (Å²) in [5, 5.41) is 7.27. The molecular weight excluding hydrogens is 309 g/mol. The second-order valence-electron chi connectivity index (χ2n) is 5.57. The minimum Gasteiger partial charge on any atom is -0.354 e. The van der Waals surface area contributed by atoms with Gasteiger partial charge in [0.15, 0.2) is 0 Å². The average molecular weight is 325 g/mol. The van der Waals surface area contributed by atoms with E-state index in [2.05, 4.69) is 25.3 Å². The van der Waals surface area contributed by atoms with Crippen molar-refractivity contribution in [3.8, 4) is 22.8 Å². The molecule has 1 fully saturated rings. The van der Waals surface area contributed by atoms with Crippen LogP contribution in [-0.4, -0.2) is 41.3 Å². The molecule has 2 aromatic heterocycles. The molecule has 6 nitrogen and oxygen atoms in total. The molecule has 24 heavy (non-hydrogen) atoms. The van der Waals surface area contributed by atoms with Crippen molar-refractivity contribution in [2.45, 2.75) is 0 Å². The molecule has 4 rings (SSSR count). The summed E-state index contributed by atoms with van der Waals surface area (Å²) in [5.74, 6) is 1.32. The van der Waals surface area contributed by atoms with Crippen LogP contribution >= 0.6 is 0 Å². The van der Waals surface area contributed by atoms with Gasteiger partial charge in [-0.25, -0.2) is 9.37 Å². The molecule has 0 radical (unpaired) electrons. The molecule has 0 unspecified atom stereocenters. The monoisotopic (exact) mass is 325 g/mol. The molecule has 1 aliphatic rings. The van der Waals surface area contributed by atoms with Gasteiger partial charge in [-0.05, 0) is 24.3 Å². The Labute approximate surface area is 138 Å². The van der Waals surface area contributed by atoms with E-state index in [4.69, 9.17) is 4.52 Å². The molecule has 3 heterocycles. The zero-order valence-electron chi connectivity index (χ0n) is 12.9. The Morgan fingerprint density at radius 1 is 1.08 bits per heavy atom. The largest absolute Gasteiger partial charge is 0.354 e. The van der Waals surface area contributed by atoms with Gasteiger partial charge in [0.05, 0.1) is 0 Å². The highest BCUT2D eigenvalue weighted by Gasteiger charge is 2.15. The Kier molecular flexibility index (Phi) is 3.92. The van der Waals surface area contributed by atoms with Gasteiger partial charge in [0.25, 0.3) is 5.89 Å². The molecule has 0 atom stereocenters. The number of benzene rings is 1. The molecular formula is C17H16FN5O. The molecule has 0 saturated carbocycles. The van der Waals surface area contributed by atoms with Gasteiger partial charge < -0.3 is 14.7 Å². The van der Waals surface area contributed by atoms with Crippen LogP contribution in [0.2, 0.25) is 0 Å². The van der Waals surface area contributed by atoms with Gasteiger partial charge in [-0.2, -0.15) is 4.98 Å². The first-order chi connectivity index (χ1) is 11.8. The highest BCUT2D eigenvalue weighted by molar-refractivity contribution is 5.62. The van der Waals surface area contributed by atoms with E-state index in [-0.39, 0.29) is 5.82 Å². The van der Waals surface area contributed by atoms with Crippen molar-refractivity contribution >= 4 is 5.82 Å². The molecule has 1 aliphatic heterocycles. The second-order valence-corrected chi connectivity index (χ2v) is 5.57. The van der Waals surface area contributed by atoms with Crippen LogP contribution in [0.4, 0.5) is 10.2 Å². The number of halogens is 1. The van der Waals surface area contributed by atoms with Gasteiger partial charge in [0.1, 0.15) is 11.6 Å². The predicted octanol–water partition coefficient (Wildman–Crippen LogP) is 2.35. The topological polar surface area (TPSA) is 67.1 Å². The molecule has 7 heteroatoms. The fraction of sp³-hybridized carbons (Fsp3) is 0.235. The zero-order valence-corrected chi connectivity index (χ0v) is 12.9. The summed E-state index contributed by atoms with van der Waals surface area (Å²) in [6, 6.07) is 9.90. The number of pyridine rings is 1. The molecule has 0 spiro atoms. The number of rotatable bonds is 3. The van der Waals surface area contributed by atoms with Crippen LogP contribution in [0.15, 0.2) is 47.1 Å². The summed E-state index contributed by atoms with van der Waals surface area (Å²) in [4.78, 5) is 11.0. The van der Waals surface area contributed by atoms with Crippen LogP contribution in [0.5, 0.6) is 0 Å². The molecule has 0 amide bonds. The second kappa shape index (κ2) is 6.37. The molecule has 0 bridgehead atoms. The van der Waals surface area contributed by atoms with E-state index in [1.54, 1.807) is 18.3 Å². The number of nitrogens with one attached hydrogen (secondary N) is 1. The highest BCUT2D eigenvalue weighted by Crippen LogP contribution is 2.25. The van der Waals surface area contributed by atoms with Crippen LogP contribution < -0.4 is 10.2 Å². The minimum atomic E-state index is -0.330. The Hall–Kier alpha value is -2.80. The van der Waals surface area contributed by atoms with E-state index < -0.39 is 0 Å². The number of nitrogens with zero attached hydrogens (tertiary/aromatic N) is 4. The summed E-state index contributed by atoms with van der Waals surface area (Å²) < 4.78 is 18.7. The lowest BCUT2D eigenvalue weighted by atomic mass is 10.2. The van der Waals surface area contributed by atoms with Crippen molar-refractivity contribution < 1.29 is 8.91 Å². The maximum atomic E-state index is 13.3. The van der Waals surface area contributed by atoms with Crippen molar-refractivity contribution in [3.63, 3.8) is 0 Å². The molecule has 0 aliphatic carbocycles. The molecule has 1 aromatic carbocycles. The first kappa shape index (κ1) is 14.8. The fourth-order valence-electron chi connectivity index (χ4n) is 2.70. The van der Waals surface area contributed by atoms with Gasteiger partial charge >= 0.3 is 0 Å². The zero-order chi connectivity index (χ0) is 16.4. The Balaban J connectivity index is 1.62. The van der Waals surface area contributed by atoms with Gasteiger partial charge in [0, 0.05) is 43.5 Å². The van der Waals surface area contributed by atoms with E-state index in [0.29, 0.717) is 17.3 Å². The van der Waals surface area contributed by atoms with Crippen LogP contribution in [0.1, 0.15) is 0 Å². The van der Waals surface area contributed by atoms with E-state index >= 15 is 0 Å². The predicted molar refractivity (Wildman–Crippen MR) is 88.0 cm³/mol. The van der Waals surface area contributed by atoms with Gasteiger partial charge in [-0.1, -0.05) is 17.3 Å². The number of aromatic nitrogens is 3. The maximum Gasteiger partial charge on any atom is 0.258 e. The average Bonchev–Trinajstić information content (AvgIpc) is 3.13. The van der Waals surface area contributed by atoms with E-state index in [9.17, 15) is 4.39 Å². The van der Waals surface area contributed by atoms with Crippen molar-refractivity contribution in [1.82, 2.24) is 20.4 Å². The first-order valence-corrected chi connectivity index (χ1v) is 7.81. The Morgan fingerprint density at radius 3 is 2.79 bits per heavy atom. The number of hydrogen-bond donors (Lipinski definition) is 1. The number of piperazine rings is 1. The lowest BCUT2D eigenvalue weighted by Crippen LogP contribution is -2.43. The van der Waals surface area contributed by atoms with Crippen LogP contribution in [0, 0.1) is 5.82 Å². The van der Waals surface area contributed by atoms with Crippen molar-refractivity contribution in [2.24, 2.45) is 0 Å². The number of hydrogen-bond acceptors (Lipinski definition) is 6. The van der Waals surface area contributed by atoms with Gasteiger partial charge in [0.2, 0.25) is 5.82 Å². The maximum absolute atomic E-state index is 13.3. The lowest BCUT2D eigenvalue weighted by molar-refractivity contribution is 0.432. The SMILES string of the molecule is Fc1cccc(-c2noc(-c3ccnc(N4CCNCC4)c3)n2)c1. The third kappa shape index (κ3) is 2.98. The lowest BCUT2D eigenvalue weighted by Gasteiger charge is -2.28. The van der Waals surface area contributed by atoms with Crippen LogP contribution in [0.25, 0.3) is 22.8 Å². The smallest absolute Gasteiger partial charge is 0.258 e. The molecule has 1 saturated heterocycles. The third-order valence-corrected chi connectivity index (χ3v) is 3.94. The molecule has 122 valence electrons. The van der Waals surface area contributed by atoms with Crippen molar-refractivity contribution in [2.75, 3.05) is 31.1 Å². The van der Waals surface area contributed by atoms with Crippen molar-refractivity contribution in [3.05, 3.63) is 48.4 Å². The van der Waals surface area contributed by atoms with Gasteiger partial charge in [-0.15, -0.1) is 0 Å². The van der Waals surface area contributed by atoms with E-state index in [1.165, 1.54) is 12.1 Å². The standard InChI is InChI=1S/C17H16FN5O/c18-14-3-1-2-12(10-14)16-21-17(24-22-16)13-4-5-20-15(11-13)23-8-6-19-7-9-23/h1-5,10-11,19H,6-9H2. The molecule has 3 aromatic rings. The third-order valence-electron chi connectivity index (χ3n) is 3.94. The minimum absolute atomic E-state index is 0.330. The van der Waals surface area contributed by atoms with Crippen LogP contribution in [-0.2, 0) is 0 Å². The van der Waals surface area contributed by atoms with Gasteiger partial charge in [-0.3, -0.25) is 0 Å². The quantitative estimate of drug-likeness (QED) is 0.797. The summed E-state index contributed by atoms with van der Waals surface area (Å²) in [7, 11) is 0. The van der Waals surface area contributed by atoms with E-state index in [0.717, 1.165) is 37.6 Å². The highest BCUT2D eigenvalue weighted by atomic mass is 19.1. The van der Waals surface area contributed by atoms with Crippen molar-refractivity contribution in [1.29, 1.82) is 0 Å². The number of anilines is 1. The summed E-state index contributed by atoms with van der Waals surface area (Å²) >= 11 is 0. The summed E-state index contributed by atoms with van der Waals surface area (Å²) in [6.45, 7) is 3.70. The van der Waals surface area contributed by atoms with E-state index in [1.807, 2.05) is 12.1 Å². The Morgan fingerprint density at radius 2 is 1.96 bits per heavy atom.